The molecule has 0 bridgehead atoms. The van der Waals surface area contributed by atoms with Crippen LogP contribution >= 0.6 is 0 Å². The number of hydrogen-bond donors (Lipinski definition) is 2. The lowest BCUT2D eigenvalue weighted by molar-refractivity contribution is 0.0949. The summed E-state index contributed by atoms with van der Waals surface area (Å²) in [7, 11) is 3.98. The van der Waals surface area contributed by atoms with Gasteiger partial charge in [0, 0.05) is 18.8 Å². The van der Waals surface area contributed by atoms with Crippen LogP contribution in [0.1, 0.15) is 21.6 Å². The lowest BCUT2D eigenvalue weighted by Crippen LogP contribution is -2.29. The van der Waals surface area contributed by atoms with Gasteiger partial charge in [0.2, 0.25) is 0 Å². The molecule has 0 atom stereocenters. The van der Waals surface area contributed by atoms with Crippen LogP contribution in [0.25, 0.3) is 0 Å². The molecule has 24 heavy (non-hydrogen) atoms. The largest absolute Gasteiger partial charge is 0.492 e. The molecule has 0 saturated heterocycles. The van der Waals surface area contributed by atoms with E-state index in [1.807, 2.05) is 43.3 Å². The number of amides is 1. The molecule has 0 radical (unpaired) electrons. The maximum Gasteiger partial charge on any atom is 0.260 e. The van der Waals surface area contributed by atoms with Crippen LogP contribution in [0.15, 0.2) is 41.2 Å². The summed E-state index contributed by atoms with van der Waals surface area (Å²) in [5.41, 5.74) is 1.36. The van der Waals surface area contributed by atoms with Crippen molar-refractivity contribution in [2.45, 2.75) is 13.5 Å². The Bertz CT molecular complexity index is 753. The first-order valence-corrected chi connectivity index (χ1v) is 7.80. The monoisotopic (exact) mass is 329 g/mol. The molecule has 0 aliphatic rings. The average Bonchev–Trinajstić information content (AvgIpc) is 2.53. The van der Waals surface area contributed by atoms with Crippen LogP contribution in [0.2, 0.25) is 0 Å². The minimum Gasteiger partial charge on any atom is -0.492 e. The van der Waals surface area contributed by atoms with E-state index in [2.05, 4.69) is 10.3 Å². The smallest absolute Gasteiger partial charge is 0.260 e. The summed E-state index contributed by atoms with van der Waals surface area (Å²) in [5.74, 6) is 0.368. The highest BCUT2D eigenvalue weighted by molar-refractivity contribution is 5.93. The number of aromatic amines is 1. The number of rotatable bonds is 7. The zero-order valence-electron chi connectivity index (χ0n) is 14.3. The molecule has 2 N–H and O–H groups in total. The first-order chi connectivity index (χ1) is 11.5. The van der Waals surface area contributed by atoms with Gasteiger partial charge in [-0.15, -0.1) is 0 Å². The van der Waals surface area contributed by atoms with Crippen molar-refractivity contribution in [1.82, 2.24) is 15.2 Å². The highest BCUT2D eigenvalue weighted by atomic mass is 16.5. The molecule has 128 valence electrons. The third-order valence-electron chi connectivity index (χ3n) is 3.46. The molecule has 6 heteroatoms. The van der Waals surface area contributed by atoms with Crippen LogP contribution in [-0.2, 0) is 6.54 Å². The maximum absolute atomic E-state index is 12.1. The summed E-state index contributed by atoms with van der Waals surface area (Å²) in [6, 6.07) is 10.8. The number of H-pyrrole nitrogens is 1. The molecular weight excluding hydrogens is 306 g/mol. The lowest BCUT2D eigenvalue weighted by Gasteiger charge is -2.12. The predicted molar refractivity (Wildman–Crippen MR) is 93.5 cm³/mol. The van der Waals surface area contributed by atoms with E-state index in [4.69, 9.17) is 4.74 Å². The van der Waals surface area contributed by atoms with E-state index in [0.717, 1.165) is 23.6 Å². The maximum atomic E-state index is 12.1. The molecule has 0 aliphatic carbocycles. The van der Waals surface area contributed by atoms with Gasteiger partial charge in [-0.25, -0.2) is 0 Å². The van der Waals surface area contributed by atoms with Crippen LogP contribution in [-0.4, -0.2) is 43.0 Å². The van der Waals surface area contributed by atoms with Crippen molar-refractivity contribution in [2.75, 3.05) is 27.2 Å². The Morgan fingerprint density at radius 3 is 2.75 bits per heavy atom. The van der Waals surface area contributed by atoms with Crippen LogP contribution in [0.5, 0.6) is 5.75 Å². The number of aryl methyl sites for hydroxylation is 1. The molecule has 2 aromatic rings. The molecule has 1 aromatic carbocycles. The van der Waals surface area contributed by atoms with Gasteiger partial charge in [-0.1, -0.05) is 12.1 Å². The van der Waals surface area contributed by atoms with Crippen LogP contribution in [0, 0.1) is 6.92 Å². The van der Waals surface area contributed by atoms with Crippen molar-refractivity contribution < 1.29 is 9.53 Å². The second-order valence-corrected chi connectivity index (χ2v) is 5.87. The zero-order chi connectivity index (χ0) is 17.5. The summed E-state index contributed by atoms with van der Waals surface area (Å²) < 4.78 is 5.67. The van der Waals surface area contributed by atoms with E-state index >= 15 is 0 Å². The third-order valence-corrected chi connectivity index (χ3v) is 3.46. The minimum absolute atomic E-state index is 0.110. The number of carbonyl (C=O) groups is 1. The van der Waals surface area contributed by atoms with Crippen LogP contribution in [0.3, 0.4) is 0 Å². The molecule has 0 saturated carbocycles. The number of aromatic nitrogens is 1. The van der Waals surface area contributed by atoms with Crippen molar-refractivity contribution >= 4 is 5.91 Å². The van der Waals surface area contributed by atoms with Gasteiger partial charge in [-0.05, 0) is 50.8 Å². The predicted octanol–water partition coefficient (Wildman–Crippen LogP) is 1.55. The SMILES string of the molecule is Cc1ccc(C(=O)NCc2cccc(OCCN(C)C)c2)c(=O)[nH]1. The van der Waals surface area contributed by atoms with E-state index in [-0.39, 0.29) is 11.1 Å². The van der Waals surface area contributed by atoms with Crippen molar-refractivity contribution in [3.8, 4) is 5.75 Å². The first kappa shape index (κ1) is 17.7. The van der Waals surface area contributed by atoms with E-state index in [0.29, 0.717) is 13.2 Å². The van der Waals surface area contributed by atoms with E-state index in [1.54, 1.807) is 13.0 Å². The van der Waals surface area contributed by atoms with Gasteiger partial charge >= 0.3 is 0 Å². The number of benzene rings is 1. The molecule has 6 nitrogen and oxygen atoms in total. The van der Waals surface area contributed by atoms with Crippen molar-refractivity contribution in [3.05, 3.63) is 63.6 Å². The molecule has 0 spiro atoms. The fraction of sp³-hybridized carbons (Fsp3) is 0.333. The summed E-state index contributed by atoms with van der Waals surface area (Å²) in [6.07, 6.45) is 0. The van der Waals surface area contributed by atoms with Crippen molar-refractivity contribution in [3.63, 3.8) is 0 Å². The number of hydrogen-bond acceptors (Lipinski definition) is 4. The Labute approximate surface area is 141 Å². The third kappa shape index (κ3) is 5.24. The fourth-order valence-corrected chi connectivity index (χ4v) is 2.12. The van der Waals surface area contributed by atoms with Gasteiger partial charge in [-0.2, -0.15) is 0 Å². The summed E-state index contributed by atoms with van der Waals surface area (Å²) in [5, 5.41) is 2.75. The summed E-state index contributed by atoms with van der Waals surface area (Å²) >= 11 is 0. The van der Waals surface area contributed by atoms with Gasteiger partial charge in [0.1, 0.15) is 17.9 Å². The van der Waals surface area contributed by atoms with Crippen LogP contribution < -0.4 is 15.6 Å². The fourth-order valence-electron chi connectivity index (χ4n) is 2.12. The number of ether oxygens (including phenoxy) is 1. The second kappa shape index (κ2) is 8.31. The molecule has 2 rings (SSSR count). The quantitative estimate of drug-likeness (QED) is 0.808. The molecule has 0 aliphatic heterocycles. The van der Waals surface area contributed by atoms with Gasteiger partial charge in [0.05, 0.1) is 0 Å². The Morgan fingerprint density at radius 2 is 2.04 bits per heavy atom. The van der Waals surface area contributed by atoms with Gasteiger partial charge in [0.15, 0.2) is 0 Å². The first-order valence-electron chi connectivity index (χ1n) is 7.80. The number of pyridine rings is 1. The Balaban J connectivity index is 1.94. The lowest BCUT2D eigenvalue weighted by atomic mass is 10.2. The highest BCUT2D eigenvalue weighted by Crippen LogP contribution is 2.13. The normalized spacial score (nSPS) is 10.7. The van der Waals surface area contributed by atoms with Gasteiger partial charge in [0.25, 0.3) is 11.5 Å². The van der Waals surface area contributed by atoms with Gasteiger partial charge < -0.3 is 19.9 Å². The number of likely N-dealkylation sites (N-methyl/N-ethyl adjacent to an activating group) is 1. The molecule has 0 unspecified atom stereocenters. The van der Waals surface area contributed by atoms with Crippen molar-refractivity contribution in [1.29, 1.82) is 0 Å². The molecule has 1 amide bonds. The van der Waals surface area contributed by atoms with E-state index < -0.39 is 5.91 Å². The van der Waals surface area contributed by atoms with E-state index in [1.165, 1.54) is 6.07 Å². The Morgan fingerprint density at radius 1 is 1.25 bits per heavy atom. The summed E-state index contributed by atoms with van der Waals surface area (Å²) in [6.45, 7) is 3.53. The molecule has 0 fully saturated rings. The van der Waals surface area contributed by atoms with Crippen LogP contribution in [0.4, 0.5) is 0 Å². The molecule has 1 heterocycles. The minimum atomic E-state index is -0.393. The Kier molecular flexibility index (Phi) is 6.14. The molecular formula is C18H23N3O3. The second-order valence-electron chi connectivity index (χ2n) is 5.87. The number of carbonyl (C=O) groups excluding carboxylic acids is 1. The van der Waals surface area contributed by atoms with Crippen molar-refractivity contribution in [2.24, 2.45) is 0 Å². The number of nitrogens with one attached hydrogen (secondary N) is 2. The summed E-state index contributed by atoms with van der Waals surface area (Å²) in [4.78, 5) is 28.6. The standard InChI is InChI=1S/C18H23N3O3/c1-13-7-8-16(18(23)20-13)17(22)19-12-14-5-4-6-15(11-14)24-10-9-21(2)3/h4-8,11H,9-10,12H2,1-3H3,(H,19,22)(H,20,23). The molecule has 1 aromatic heterocycles. The van der Waals surface area contributed by atoms with E-state index in [9.17, 15) is 9.59 Å². The van der Waals surface area contributed by atoms with Gasteiger partial charge in [-0.3, -0.25) is 9.59 Å². The highest BCUT2D eigenvalue weighted by Gasteiger charge is 2.10. The number of nitrogens with zero attached hydrogens (tertiary/aromatic N) is 1. The topological polar surface area (TPSA) is 74.4 Å². The zero-order valence-corrected chi connectivity index (χ0v) is 14.3. The average molecular weight is 329 g/mol. The Hall–Kier alpha value is -2.60.